The topological polar surface area (TPSA) is 29.5 Å². The van der Waals surface area contributed by atoms with Gasteiger partial charge in [-0.2, -0.15) is 0 Å². The van der Waals surface area contributed by atoms with E-state index in [0.717, 1.165) is 12.0 Å². The highest BCUT2D eigenvalue weighted by molar-refractivity contribution is 5.75. The van der Waals surface area contributed by atoms with Gasteiger partial charge in [-0.15, -0.1) is 0 Å². The van der Waals surface area contributed by atoms with E-state index >= 15 is 0 Å². The van der Waals surface area contributed by atoms with Gasteiger partial charge in [0.05, 0.1) is 0 Å². The molecular weight excluding hydrogens is 178 g/mol. The van der Waals surface area contributed by atoms with Gasteiger partial charge in [0.1, 0.15) is 18.3 Å². The Hall–Kier alpha value is -1.35. The van der Waals surface area contributed by atoms with Gasteiger partial charge < -0.3 is 4.74 Å². The van der Waals surface area contributed by atoms with E-state index in [0.29, 0.717) is 5.56 Å². The average molecular weight is 193 g/mol. The highest BCUT2D eigenvalue weighted by atomic mass is 16.5. The zero-order valence-corrected chi connectivity index (χ0v) is 8.73. The van der Waals surface area contributed by atoms with Crippen molar-refractivity contribution >= 4 is 6.29 Å². The molecule has 76 valence electrons. The maximum atomic E-state index is 10.5. The second-order valence-corrected chi connectivity index (χ2v) is 3.37. The molecule has 3 heteroatoms. The first-order chi connectivity index (χ1) is 6.63. The van der Waals surface area contributed by atoms with Crippen molar-refractivity contribution in [3.8, 4) is 5.75 Å². The molecule has 0 aliphatic heterocycles. The highest BCUT2D eigenvalue weighted by Gasteiger charge is 2.05. The molecule has 0 aliphatic rings. The van der Waals surface area contributed by atoms with Crippen LogP contribution >= 0.6 is 0 Å². The van der Waals surface area contributed by atoms with Crippen molar-refractivity contribution in [1.82, 2.24) is 4.90 Å². The summed E-state index contributed by atoms with van der Waals surface area (Å²) in [6.45, 7) is 1.95. The minimum atomic E-state index is -0.00287. The van der Waals surface area contributed by atoms with Gasteiger partial charge in [0.15, 0.2) is 0 Å². The summed E-state index contributed by atoms with van der Waals surface area (Å²) < 4.78 is 5.59. The molecule has 0 aliphatic carbocycles. The van der Waals surface area contributed by atoms with E-state index < -0.39 is 0 Å². The van der Waals surface area contributed by atoms with Crippen molar-refractivity contribution in [2.75, 3.05) is 14.1 Å². The number of hydrogen-bond acceptors (Lipinski definition) is 3. The maximum absolute atomic E-state index is 10.5. The molecule has 0 fully saturated rings. The summed E-state index contributed by atoms with van der Waals surface area (Å²) in [4.78, 5) is 12.5. The van der Waals surface area contributed by atoms with Crippen molar-refractivity contribution in [2.24, 2.45) is 0 Å². The molecule has 1 aromatic carbocycles. The van der Waals surface area contributed by atoms with Crippen molar-refractivity contribution < 1.29 is 9.53 Å². The molecule has 0 spiro atoms. The standard InChI is InChI=1S/C11H15NO2/c1-9(12(2)3)14-11-6-4-5-10(7-11)8-13/h4-9H,1-3H3. The van der Waals surface area contributed by atoms with Crippen LogP contribution in [0.3, 0.4) is 0 Å². The van der Waals surface area contributed by atoms with Crippen molar-refractivity contribution in [3.63, 3.8) is 0 Å². The summed E-state index contributed by atoms with van der Waals surface area (Å²) >= 11 is 0. The van der Waals surface area contributed by atoms with Gasteiger partial charge >= 0.3 is 0 Å². The Balaban J connectivity index is 2.71. The Bertz CT molecular complexity index is 310. The molecule has 14 heavy (non-hydrogen) atoms. The van der Waals surface area contributed by atoms with Crippen LogP contribution in [0.1, 0.15) is 17.3 Å². The van der Waals surface area contributed by atoms with Crippen LogP contribution in [0, 0.1) is 0 Å². The zero-order chi connectivity index (χ0) is 10.6. The Morgan fingerprint density at radius 3 is 2.71 bits per heavy atom. The lowest BCUT2D eigenvalue weighted by Crippen LogP contribution is -2.30. The fourth-order valence-corrected chi connectivity index (χ4v) is 0.964. The molecule has 0 radical (unpaired) electrons. The first-order valence-corrected chi connectivity index (χ1v) is 4.52. The number of carbonyl (C=O) groups excluding carboxylic acids is 1. The fourth-order valence-electron chi connectivity index (χ4n) is 0.964. The molecule has 3 nitrogen and oxygen atoms in total. The van der Waals surface area contributed by atoms with Crippen LogP contribution in [-0.4, -0.2) is 31.5 Å². The molecule has 0 saturated heterocycles. The molecule has 0 aromatic heterocycles. The summed E-state index contributed by atoms with van der Waals surface area (Å²) in [5, 5.41) is 0. The van der Waals surface area contributed by atoms with Crippen LogP contribution in [0.25, 0.3) is 0 Å². The van der Waals surface area contributed by atoms with Gasteiger partial charge in [-0.05, 0) is 33.2 Å². The lowest BCUT2D eigenvalue weighted by Gasteiger charge is -2.21. The summed E-state index contributed by atoms with van der Waals surface area (Å²) in [5.74, 6) is 0.718. The van der Waals surface area contributed by atoms with Crippen LogP contribution in [-0.2, 0) is 0 Å². The number of hydrogen-bond donors (Lipinski definition) is 0. The van der Waals surface area contributed by atoms with Crippen molar-refractivity contribution in [3.05, 3.63) is 29.8 Å². The van der Waals surface area contributed by atoms with E-state index in [9.17, 15) is 4.79 Å². The quantitative estimate of drug-likeness (QED) is 0.539. The maximum Gasteiger partial charge on any atom is 0.150 e. The summed E-state index contributed by atoms with van der Waals surface area (Å²) in [6.07, 6.45) is 0.810. The fraction of sp³-hybridized carbons (Fsp3) is 0.364. The molecule has 0 heterocycles. The van der Waals surface area contributed by atoms with Crippen molar-refractivity contribution in [2.45, 2.75) is 13.2 Å². The highest BCUT2D eigenvalue weighted by Crippen LogP contribution is 2.14. The first-order valence-electron chi connectivity index (χ1n) is 4.52. The monoisotopic (exact) mass is 193 g/mol. The van der Waals surface area contributed by atoms with Gasteiger partial charge in [-0.1, -0.05) is 12.1 Å². The minimum absolute atomic E-state index is 0.00287. The molecule has 1 rings (SSSR count). The average Bonchev–Trinajstić information content (AvgIpc) is 2.18. The Morgan fingerprint density at radius 2 is 2.14 bits per heavy atom. The van der Waals surface area contributed by atoms with Crippen LogP contribution in [0.5, 0.6) is 5.75 Å². The van der Waals surface area contributed by atoms with Crippen molar-refractivity contribution in [1.29, 1.82) is 0 Å². The van der Waals surface area contributed by atoms with Gasteiger partial charge in [0.2, 0.25) is 0 Å². The normalized spacial score (nSPS) is 12.6. The third kappa shape index (κ3) is 2.85. The number of aldehydes is 1. The lowest BCUT2D eigenvalue weighted by molar-refractivity contribution is 0.0814. The Labute approximate surface area is 84.3 Å². The molecule has 1 unspecified atom stereocenters. The third-order valence-electron chi connectivity index (χ3n) is 2.03. The number of rotatable bonds is 4. The molecule has 0 amide bonds. The molecule has 0 N–H and O–H groups in total. The number of carbonyl (C=O) groups is 1. The number of benzene rings is 1. The molecular formula is C11H15NO2. The van der Waals surface area contributed by atoms with Gasteiger partial charge in [-0.25, -0.2) is 0 Å². The van der Waals surface area contributed by atoms with Gasteiger partial charge in [-0.3, -0.25) is 9.69 Å². The lowest BCUT2D eigenvalue weighted by atomic mass is 10.2. The van der Waals surface area contributed by atoms with E-state index in [1.165, 1.54) is 0 Å². The summed E-state index contributed by atoms with van der Waals surface area (Å²) in [6, 6.07) is 7.13. The van der Waals surface area contributed by atoms with E-state index in [-0.39, 0.29) is 6.23 Å². The number of ether oxygens (including phenoxy) is 1. The van der Waals surface area contributed by atoms with E-state index in [4.69, 9.17) is 4.74 Å². The molecule has 1 aromatic rings. The van der Waals surface area contributed by atoms with E-state index in [2.05, 4.69) is 0 Å². The van der Waals surface area contributed by atoms with Crippen LogP contribution in [0.15, 0.2) is 24.3 Å². The Morgan fingerprint density at radius 1 is 1.43 bits per heavy atom. The largest absolute Gasteiger partial charge is 0.475 e. The van der Waals surface area contributed by atoms with E-state index in [1.54, 1.807) is 18.2 Å². The summed E-state index contributed by atoms with van der Waals surface area (Å²) in [5.41, 5.74) is 0.633. The zero-order valence-electron chi connectivity index (χ0n) is 8.73. The van der Waals surface area contributed by atoms with Crippen LogP contribution in [0.2, 0.25) is 0 Å². The number of nitrogens with zero attached hydrogens (tertiary/aromatic N) is 1. The van der Waals surface area contributed by atoms with Gasteiger partial charge in [0.25, 0.3) is 0 Å². The molecule has 0 bridgehead atoms. The third-order valence-corrected chi connectivity index (χ3v) is 2.03. The second-order valence-electron chi connectivity index (χ2n) is 3.37. The SMILES string of the molecule is CC(Oc1cccc(C=O)c1)N(C)C. The Kier molecular flexibility index (Phi) is 3.65. The van der Waals surface area contributed by atoms with Crippen LogP contribution < -0.4 is 4.74 Å². The molecule has 0 saturated carbocycles. The predicted molar refractivity (Wildman–Crippen MR) is 55.6 cm³/mol. The molecule has 1 atom stereocenters. The van der Waals surface area contributed by atoms with E-state index in [1.807, 2.05) is 32.0 Å². The first kappa shape index (κ1) is 10.7. The second kappa shape index (κ2) is 4.77. The smallest absolute Gasteiger partial charge is 0.150 e. The van der Waals surface area contributed by atoms with Crippen LogP contribution in [0.4, 0.5) is 0 Å². The minimum Gasteiger partial charge on any atom is -0.475 e. The predicted octanol–water partition coefficient (Wildman–Crippen LogP) is 1.79. The summed E-state index contributed by atoms with van der Waals surface area (Å²) in [7, 11) is 3.88. The van der Waals surface area contributed by atoms with Gasteiger partial charge in [0, 0.05) is 5.56 Å².